The summed E-state index contributed by atoms with van der Waals surface area (Å²) in [4.78, 5) is 6.69. The molecule has 0 radical (unpaired) electrons. The molecule has 104 valence electrons. The van der Waals surface area contributed by atoms with E-state index in [0.717, 1.165) is 22.3 Å². The van der Waals surface area contributed by atoms with Crippen LogP contribution in [0, 0.1) is 0 Å². The molecule has 3 aromatic rings. The molecule has 20 heavy (non-hydrogen) atoms. The van der Waals surface area contributed by atoms with E-state index in [-0.39, 0.29) is 5.60 Å². The Hall–Kier alpha value is -1.77. The van der Waals surface area contributed by atoms with Gasteiger partial charge in [0.05, 0.1) is 17.6 Å². The zero-order chi connectivity index (χ0) is 13.9. The van der Waals surface area contributed by atoms with Crippen LogP contribution in [0.1, 0.15) is 24.3 Å². The molecule has 0 aliphatic carbocycles. The number of nitrogen functional groups attached to an aromatic ring is 1. The fraction of sp³-hybridized carbons (Fsp3) is 0.417. The number of hydrazine groups is 1. The quantitative estimate of drug-likeness (QED) is 0.521. The maximum Gasteiger partial charge on any atom is 0.225 e. The van der Waals surface area contributed by atoms with Crippen molar-refractivity contribution in [2.45, 2.75) is 32.5 Å². The number of hydrogen-bond donors (Lipinski definition) is 2. The maximum absolute atomic E-state index is 5.87. The summed E-state index contributed by atoms with van der Waals surface area (Å²) in [6, 6.07) is 0. The first-order valence-corrected chi connectivity index (χ1v) is 7.15. The van der Waals surface area contributed by atoms with Gasteiger partial charge in [-0.15, -0.1) is 21.5 Å². The molecule has 0 fully saturated rings. The van der Waals surface area contributed by atoms with Crippen molar-refractivity contribution >= 4 is 33.1 Å². The van der Waals surface area contributed by atoms with Gasteiger partial charge < -0.3 is 4.74 Å². The van der Waals surface area contributed by atoms with Gasteiger partial charge >= 0.3 is 0 Å². The zero-order valence-corrected chi connectivity index (χ0v) is 12.0. The van der Waals surface area contributed by atoms with Gasteiger partial charge in [0, 0.05) is 11.3 Å². The van der Waals surface area contributed by atoms with Gasteiger partial charge in [0.1, 0.15) is 11.2 Å². The molecule has 1 aliphatic rings. The van der Waals surface area contributed by atoms with Crippen LogP contribution in [0.5, 0.6) is 0 Å². The van der Waals surface area contributed by atoms with Gasteiger partial charge in [-0.2, -0.15) is 0 Å². The normalized spacial score (nSPS) is 17.6. The molecular weight excluding hydrogens is 276 g/mol. The highest BCUT2D eigenvalue weighted by molar-refractivity contribution is 7.19. The van der Waals surface area contributed by atoms with Gasteiger partial charge in [0.2, 0.25) is 5.95 Å². The third-order valence-corrected chi connectivity index (χ3v) is 4.70. The molecule has 7 nitrogen and oxygen atoms in total. The maximum atomic E-state index is 5.87. The predicted octanol–water partition coefficient (Wildman–Crippen LogP) is 1.48. The van der Waals surface area contributed by atoms with E-state index in [1.807, 2.05) is 0 Å². The molecule has 0 aromatic carbocycles. The monoisotopic (exact) mass is 290 g/mol. The van der Waals surface area contributed by atoms with Gasteiger partial charge in [-0.3, -0.25) is 5.43 Å². The fourth-order valence-corrected chi connectivity index (χ4v) is 3.76. The predicted molar refractivity (Wildman–Crippen MR) is 76.5 cm³/mol. The van der Waals surface area contributed by atoms with Crippen molar-refractivity contribution in [1.29, 1.82) is 0 Å². The third-order valence-electron chi connectivity index (χ3n) is 3.60. The van der Waals surface area contributed by atoms with Crippen molar-refractivity contribution < 1.29 is 4.74 Å². The average Bonchev–Trinajstić information content (AvgIpc) is 2.99. The van der Waals surface area contributed by atoms with Crippen LogP contribution in [0.2, 0.25) is 0 Å². The molecule has 4 heterocycles. The van der Waals surface area contributed by atoms with E-state index in [0.29, 0.717) is 12.6 Å². The van der Waals surface area contributed by atoms with E-state index in [2.05, 4.69) is 34.5 Å². The number of fused-ring (bicyclic) bond motifs is 5. The Bertz CT molecular complexity index is 820. The topological polar surface area (TPSA) is 90.4 Å². The van der Waals surface area contributed by atoms with E-state index in [4.69, 9.17) is 10.6 Å². The Morgan fingerprint density at radius 1 is 1.50 bits per heavy atom. The highest BCUT2D eigenvalue weighted by Gasteiger charge is 2.31. The summed E-state index contributed by atoms with van der Waals surface area (Å²) < 4.78 is 7.65. The fourth-order valence-electron chi connectivity index (χ4n) is 2.66. The summed E-state index contributed by atoms with van der Waals surface area (Å²) in [5.41, 5.74) is 4.49. The van der Waals surface area contributed by atoms with E-state index < -0.39 is 0 Å². The van der Waals surface area contributed by atoms with Crippen LogP contribution >= 0.6 is 11.3 Å². The smallest absolute Gasteiger partial charge is 0.225 e. The molecule has 0 unspecified atom stereocenters. The van der Waals surface area contributed by atoms with Crippen molar-refractivity contribution in [3.8, 4) is 0 Å². The number of nitrogens with two attached hydrogens (primary N) is 1. The van der Waals surface area contributed by atoms with Crippen LogP contribution in [0.3, 0.4) is 0 Å². The number of hydrogen-bond acceptors (Lipinski definition) is 7. The summed E-state index contributed by atoms with van der Waals surface area (Å²) >= 11 is 1.64. The van der Waals surface area contributed by atoms with E-state index in [1.165, 1.54) is 10.4 Å². The Kier molecular flexibility index (Phi) is 2.33. The second kappa shape index (κ2) is 3.87. The van der Waals surface area contributed by atoms with Gasteiger partial charge in [-0.05, 0) is 19.4 Å². The summed E-state index contributed by atoms with van der Waals surface area (Å²) in [6.07, 6.45) is 2.47. The lowest BCUT2D eigenvalue weighted by Crippen LogP contribution is -2.31. The van der Waals surface area contributed by atoms with E-state index in [9.17, 15) is 0 Å². The SMILES string of the molecule is CC1(C)Cc2c(sc3nc(NN)n4cnnc4c23)CO1. The number of rotatable bonds is 1. The summed E-state index contributed by atoms with van der Waals surface area (Å²) in [5, 5.41) is 9.27. The summed E-state index contributed by atoms with van der Waals surface area (Å²) in [5.74, 6) is 6.06. The van der Waals surface area contributed by atoms with Crippen LogP contribution in [-0.4, -0.2) is 25.2 Å². The largest absolute Gasteiger partial charge is 0.370 e. The van der Waals surface area contributed by atoms with E-state index in [1.54, 1.807) is 22.1 Å². The van der Waals surface area contributed by atoms with Gasteiger partial charge in [-0.25, -0.2) is 15.2 Å². The molecule has 0 saturated carbocycles. The first-order chi connectivity index (χ1) is 9.59. The summed E-state index contributed by atoms with van der Waals surface area (Å²) in [6.45, 7) is 4.82. The van der Waals surface area contributed by atoms with Gasteiger partial charge in [0.15, 0.2) is 5.65 Å². The molecule has 8 heteroatoms. The van der Waals surface area contributed by atoms with Crippen molar-refractivity contribution in [3.05, 3.63) is 16.8 Å². The first-order valence-electron chi connectivity index (χ1n) is 6.33. The lowest BCUT2D eigenvalue weighted by Gasteiger charge is -2.30. The minimum Gasteiger partial charge on any atom is -0.370 e. The number of thiophene rings is 1. The molecule has 0 bridgehead atoms. The number of nitrogens with one attached hydrogen (secondary N) is 1. The minimum atomic E-state index is -0.164. The first kappa shape index (κ1) is 12.0. The number of aromatic nitrogens is 4. The average molecular weight is 290 g/mol. The molecule has 4 rings (SSSR count). The van der Waals surface area contributed by atoms with E-state index >= 15 is 0 Å². The zero-order valence-electron chi connectivity index (χ0n) is 11.2. The van der Waals surface area contributed by atoms with Crippen molar-refractivity contribution in [1.82, 2.24) is 19.6 Å². The number of nitrogens with zero attached hydrogens (tertiary/aromatic N) is 4. The minimum absolute atomic E-state index is 0.164. The standard InChI is InChI=1S/C12H14N6OS/c1-12(2)3-6-7(4-19-12)20-10-8(6)9-17-14-5-18(9)11(15-10)16-13/h5H,3-4,13H2,1-2H3,(H,15,16). The van der Waals surface area contributed by atoms with Crippen LogP contribution in [-0.2, 0) is 17.8 Å². The summed E-state index contributed by atoms with van der Waals surface area (Å²) in [7, 11) is 0. The molecule has 0 amide bonds. The van der Waals surface area contributed by atoms with Gasteiger partial charge in [0.25, 0.3) is 0 Å². The molecular formula is C12H14N6OS. The molecule has 1 aliphatic heterocycles. The van der Waals surface area contributed by atoms with Gasteiger partial charge in [-0.1, -0.05) is 0 Å². The molecule has 3 aromatic heterocycles. The molecule has 0 saturated heterocycles. The Morgan fingerprint density at radius 3 is 3.15 bits per heavy atom. The van der Waals surface area contributed by atoms with Crippen LogP contribution in [0.25, 0.3) is 15.9 Å². The lowest BCUT2D eigenvalue weighted by atomic mass is 9.94. The number of ether oxygens (including phenoxy) is 1. The van der Waals surface area contributed by atoms with Crippen molar-refractivity contribution in [2.75, 3.05) is 5.43 Å². The second-order valence-corrected chi connectivity index (χ2v) is 6.60. The molecule has 3 N–H and O–H groups in total. The molecule has 0 spiro atoms. The third kappa shape index (κ3) is 1.55. The van der Waals surface area contributed by atoms with Crippen molar-refractivity contribution in [3.63, 3.8) is 0 Å². The van der Waals surface area contributed by atoms with Crippen molar-refractivity contribution in [2.24, 2.45) is 5.84 Å². The van der Waals surface area contributed by atoms with Crippen LogP contribution < -0.4 is 11.3 Å². The van der Waals surface area contributed by atoms with Crippen LogP contribution in [0.15, 0.2) is 6.33 Å². The lowest BCUT2D eigenvalue weighted by molar-refractivity contribution is -0.0379. The number of anilines is 1. The Balaban J connectivity index is 2.09. The Labute approximate surface area is 118 Å². The second-order valence-electron chi connectivity index (χ2n) is 5.51. The van der Waals surface area contributed by atoms with Crippen LogP contribution in [0.4, 0.5) is 5.95 Å². The Morgan fingerprint density at radius 2 is 2.35 bits per heavy atom. The highest BCUT2D eigenvalue weighted by Crippen LogP contribution is 2.40. The highest BCUT2D eigenvalue weighted by atomic mass is 32.1. The molecule has 0 atom stereocenters.